The van der Waals surface area contributed by atoms with Crippen LogP contribution in [0.2, 0.25) is 0 Å². The molecule has 174 valence electrons. The second-order valence-electron chi connectivity index (χ2n) is 7.97. The molecular weight excluding hydrogens is 432 g/mol. The van der Waals surface area contributed by atoms with Gasteiger partial charge in [0.25, 0.3) is 0 Å². The second kappa shape index (κ2) is 9.35. The number of nitrogens with one attached hydrogen (secondary N) is 1. The van der Waals surface area contributed by atoms with E-state index in [1.165, 1.54) is 0 Å². The summed E-state index contributed by atoms with van der Waals surface area (Å²) in [5.41, 5.74) is 2.36. The lowest BCUT2D eigenvalue weighted by Crippen LogP contribution is -2.51. The summed E-state index contributed by atoms with van der Waals surface area (Å²) in [4.78, 5) is 21.8. The Hall–Kier alpha value is -4.20. The topological polar surface area (TPSA) is 75.6 Å². The number of methoxy groups -OCH3 is 2. The lowest BCUT2D eigenvalue weighted by molar-refractivity contribution is 0.181. The van der Waals surface area contributed by atoms with Crippen molar-refractivity contribution in [3.05, 3.63) is 72.3 Å². The Bertz CT molecular complexity index is 1220. The smallest absolute Gasteiger partial charge is 0.321 e. The molecule has 2 aliphatic heterocycles. The highest BCUT2D eigenvalue weighted by atomic mass is 16.5. The number of carbonyl (C=O) groups is 1. The number of rotatable bonds is 3. The number of amides is 2. The van der Waals surface area contributed by atoms with Gasteiger partial charge in [0.15, 0.2) is 17.2 Å². The Morgan fingerprint density at radius 1 is 0.912 bits per heavy atom. The van der Waals surface area contributed by atoms with Crippen molar-refractivity contribution in [1.29, 1.82) is 0 Å². The molecule has 0 unspecified atom stereocenters. The highest BCUT2D eigenvalue weighted by molar-refractivity contribution is 6.04. The van der Waals surface area contributed by atoms with Crippen molar-refractivity contribution in [2.45, 2.75) is 0 Å². The third-order valence-electron chi connectivity index (χ3n) is 5.95. The number of carbonyl (C=O) groups excluding carboxylic acids is 1. The highest BCUT2D eigenvalue weighted by Crippen LogP contribution is 2.42. The minimum Gasteiger partial charge on any atom is -0.497 e. The Balaban J connectivity index is 1.35. The number of aliphatic imine (C=N–C) groups is 1. The van der Waals surface area contributed by atoms with Gasteiger partial charge in [0.05, 0.1) is 19.8 Å². The molecule has 1 saturated heterocycles. The highest BCUT2D eigenvalue weighted by Gasteiger charge is 2.29. The molecular formula is C26H26N4O4. The maximum absolute atomic E-state index is 12.8. The summed E-state index contributed by atoms with van der Waals surface area (Å²) < 4.78 is 17.0. The average molecular weight is 459 g/mol. The van der Waals surface area contributed by atoms with E-state index in [0.29, 0.717) is 43.4 Å². The van der Waals surface area contributed by atoms with Crippen LogP contribution in [0.15, 0.2) is 71.7 Å². The standard InChI is InChI=1S/C26H26N4O4/c1-32-19-12-10-18(11-13-19)27-26(31)30-16-14-29(15-17-30)25-20-6-5-9-23(33-2)24(20)34-22-8-4-3-7-21(22)28-25/h3-13H,14-17H2,1-2H3,(H,27,31). The molecule has 0 aliphatic carbocycles. The van der Waals surface area contributed by atoms with Crippen LogP contribution in [0.5, 0.6) is 23.0 Å². The number of amidine groups is 1. The number of piperazine rings is 1. The van der Waals surface area contributed by atoms with Crippen molar-refractivity contribution in [3.8, 4) is 23.0 Å². The SMILES string of the molecule is COc1ccc(NC(=O)N2CCN(C3=Nc4ccccc4Oc4c(OC)cccc43)CC2)cc1. The van der Waals surface area contributed by atoms with E-state index in [2.05, 4.69) is 10.2 Å². The van der Waals surface area contributed by atoms with Crippen LogP contribution in [0, 0.1) is 0 Å². The summed E-state index contributed by atoms with van der Waals surface area (Å²) in [6.45, 7) is 2.44. The predicted molar refractivity (Wildman–Crippen MR) is 131 cm³/mol. The molecule has 1 N–H and O–H groups in total. The van der Waals surface area contributed by atoms with Gasteiger partial charge in [-0.15, -0.1) is 0 Å². The fourth-order valence-electron chi connectivity index (χ4n) is 4.12. The number of urea groups is 1. The van der Waals surface area contributed by atoms with Gasteiger partial charge in [0.2, 0.25) is 0 Å². The van der Waals surface area contributed by atoms with Crippen molar-refractivity contribution >= 4 is 23.2 Å². The van der Waals surface area contributed by atoms with Gasteiger partial charge in [-0.25, -0.2) is 9.79 Å². The van der Waals surface area contributed by atoms with E-state index in [4.69, 9.17) is 19.2 Å². The lowest BCUT2D eigenvalue weighted by Gasteiger charge is -2.36. The number of nitrogens with zero attached hydrogens (tertiary/aromatic N) is 3. The van der Waals surface area contributed by atoms with Crippen molar-refractivity contribution < 1.29 is 19.0 Å². The van der Waals surface area contributed by atoms with Crippen LogP contribution in [0.4, 0.5) is 16.2 Å². The van der Waals surface area contributed by atoms with Crippen LogP contribution in [0.1, 0.15) is 5.56 Å². The molecule has 0 bridgehead atoms. The van der Waals surface area contributed by atoms with E-state index in [1.807, 2.05) is 71.6 Å². The Kier molecular flexibility index (Phi) is 5.95. The fourth-order valence-corrected chi connectivity index (χ4v) is 4.12. The average Bonchev–Trinajstić information content (AvgIpc) is 3.06. The molecule has 3 aromatic carbocycles. The van der Waals surface area contributed by atoms with Gasteiger partial charge in [-0.3, -0.25) is 0 Å². The molecule has 0 saturated carbocycles. The van der Waals surface area contributed by atoms with Crippen LogP contribution >= 0.6 is 0 Å². The van der Waals surface area contributed by atoms with Crippen LogP contribution in [-0.2, 0) is 0 Å². The maximum atomic E-state index is 12.8. The van der Waals surface area contributed by atoms with Gasteiger partial charge < -0.3 is 29.3 Å². The van der Waals surface area contributed by atoms with Crippen molar-refractivity contribution in [2.24, 2.45) is 4.99 Å². The molecule has 2 aliphatic rings. The molecule has 0 atom stereocenters. The number of anilines is 1. The normalized spacial score (nSPS) is 14.7. The molecule has 2 amide bonds. The van der Waals surface area contributed by atoms with E-state index < -0.39 is 0 Å². The first-order valence-electron chi connectivity index (χ1n) is 11.1. The molecule has 5 rings (SSSR count). The maximum Gasteiger partial charge on any atom is 0.321 e. The van der Waals surface area contributed by atoms with Crippen molar-refractivity contribution in [3.63, 3.8) is 0 Å². The van der Waals surface area contributed by atoms with Crippen LogP contribution in [0.25, 0.3) is 0 Å². The van der Waals surface area contributed by atoms with Crippen molar-refractivity contribution in [1.82, 2.24) is 9.80 Å². The van der Waals surface area contributed by atoms with Crippen LogP contribution in [-0.4, -0.2) is 62.1 Å². The Morgan fingerprint density at radius 2 is 1.68 bits per heavy atom. The largest absolute Gasteiger partial charge is 0.497 e. The number of ether oxygens (including phenoxy) is 3. The fraction of sp³-hybridized carbons (Fsp3) is 0.231. The quantitative estimate of drug-likeness (QED) is 0.614. The van der Waals surface area contributed by atoms with E-state index in [0.717, 1.165) is 28.5 Å². The van der Waals surface area contributed by atoms with Crippen LogP contribution in [0.3, 0.4) is 0 Å². The first-order chi connectivity index (χ1) is 16.7. The zero-order chi connectivity index (χ0) is 23.5. The molecule has 0 spiro atoms. The minimum atomic E-state index is -0.122. The first kappa shape index (κ1) is 21.6. The molecule has 3 aromatic rings. The molecule has 2 heterocycles. The molecule has 0 aromatic heterocycles. The molecule has 34 heavy (non-hydrogen) atoms. The van der Waals surface area contributed by atoms with Gasteiger partial charge in [-0.2, -0.15) is 0 Å². The van der Waals surface area contributed by atoms with E-state index in [9.17, 15) is 4.79 Å². The van der Waals surface area contributed by atoms with Gasteiger partial charge in [0.1, 0.15) is 17.3 Å². The monoisotopic (exact) mass is 458 g/mol. The summed E-state index contributed by atoms with van der Waals surface area (Å²) >= 11 is 0. The number of fused-ring (bicyclic) bond motifs is 2. The van der Waals surface area contributed by atoms with Gasteiger partial charge in [-0.05, 0) is 48.5 Å². The molecule has 0 radical (unpaired) electrons. The summed E-state index contributed by atoms with van der Waals surface area (Å²) in [6.07, 6.45) is 0. The summed E-state index contributed by atoms with van der Waals surface area (Å²) in [6, 6.07) is 20.7. The van der Waals surface area contributed by atoms with E-state index in [1.54, 1.807) is 14.2 Å². The van der Waals surface area contributed by atoms with Crippen LogP contribution < -0.4 is 19.5 Å². The van der Waals surface area contributed by atoms with E-state index >= 15 is 0 Å². The molecule has 8 nitrogen and oxygen atoms in total. The second-order valence-corrected chi connectivity index (χ2v) is 7.97. The van der Waals surface area contributed by atoms with Crippen molar-refractivity contribution in [2.75, 3.05) is 45.7 Å². The summed E-state index contributed by atoms with van der Waals surface area (Å²) in [5, 5.41) is 2.96. The number of hydrogen-bond donors (Lipinski definition) is 1. The number of para-hydroxylation sites is 3. The lowest BCUT2D eigenvalue weighted by atomic mass is 10.1. The van der Waals surface area contributed by atoms with Gasteiger partial charge in [0, 0.05) is 31.9 Å². The van der Waals surface area contributed by atoms with Gasteiger partial charge >= 0.3 is 6.03 Å². The zero-order valence-corrected chi connectivity index (χ0v) is 19.2. The Labute approximate surface area is 198 Å². The third-order valence-corrected chi connectivity index (χ3v) is 5.95. The third kappa shape index (κ3) is 4.22. The minimum absolute atomic E-state index is 0.122. The Morgan fingerprint density at radius 3 is 2.41 bits per heavy atom. The zero-order valence-electron chi connectivity index (χ0n) is 19.2. The first-order valence-corrected chi connectivity index (χ1v) is 11.1. The molecule has 8 heteroatoms. The summed E-state index contributed by atoms with van der Waals surface area (Å²) in [7, 11) is 3.25. The number of hydrogen-bond acceptors (Lipinski definition) is 6. The predicted octanol–water partition coefficient (Wildman–Crippen LogP) is 4.74. The van der Waals surface area contributed by atoms with Gasteiger partial charge in [-0.1, -0.05) is 18.2 Å². The number of benzene rings is 3. The molecule has 1 fully saturated rings. The summed E-state index contributed by atoms with van der Waals surface area (Å²) in [5.74, 6) is 3.54. The van der Waals surface area contributed by atoms with E-state index in [-0.39, 0.29) is 6.03 Å².